The number of carbonyl (C=O) groups excluding carboxylic acids is 3. The maximum atomic E-state index is 14.9. The number of aromatic nitrogens is 2. The molecule has 8 rings (SSSR count). The van der Waals surface area contributed by atoms with Crippen molar-refractivity contribution in [1.29, 1.82) is 0 Å². The van der Waals surface area contributed by atoms with Crippen LogP contribution in [0.1, 0.15) is 99.3 Å². The Bertz CT molecular complexity index is 2300. The number of hydrogen-bond donors (Lipinski definition) is 2. The van der Waals surface area contributed by atoms with Crippen LogP contribution in [0.4, 0.5) is 13.9 Å². The number of aliphatic carboxylic acids is 1. The first-order valence-corrected chi connectivity index (χ1v) is 23.9. The minimum Gasteiger partial charge on any atom is -0.490 e. The molecular formula is C47H60ClF2N5O8S. The highest BCUT2D eigenvalue weighted by molar-refractivity contribution is 7.14. The number of carboxylic acid groups (broad SMARTS) is 1. The lowest BCUT2D eigenvalue weighted by Crippen LogP contribution is -2.48. The van der Waals surface area contributed by atoms with Crippen molar-refractivity contribution in [3.63, 3.8) is 0 Å². The molecule has 2 aromatic heterocycles. The largest absolute Gasteiger partial charge is 0.490 e. The molecule has 13 nitrogen and oxygen atoms in total. The van der Waals surface area contributed by atoms with Gasteiger partial charge in [0, 0.05) is 48.2 Å². The summed E-state index contributed by atoms with van der Waals surface area (Å²) in [5.41, 5.74) is -0.597. The predicted molar refractivity (Wildman–Crippen MR) is 239 cm³/mol. The Labute approximate surface area is 381 Å². The van der Waals surface area contributed by atoms with E-state index in [-0.39, 0.29) is 85.9 Å². The highest BCUT2D eigenvalue weighted by Crippen LogP contribution is 2.58. The lowest BCUT2D eigenvalue weighted by atomic mass is 9.77. The molecule has 2 saturated heterocycles. The van der Waals surface area contributed by atoms with Crippen molar-refractivity contribution in [3.05, 3.63) is 28.6 Å². The Hall–Kier alpha value is -4.15. The van der Waals surface area contributed by atoms with E-state index in [2.05, 4.69) is 5.32 Å². The minimum atomic E-state index is -2.82. The van der Waals surface area contributed by atoms with Gasteiger partial charge in [0.1, 0.15) is 41.0 Å². The number of Topliss-reactive ketones (excluding diaryl/α,β-unsaturated/α-hetero) is 1. The number of fused-ring (bicyclic) bond motifs is 2. The number of hydrogen-bond acceptors (Lipinski definition) is 12. The predicted octanol–water partition coefficient (Wildman–Crippen LogP) is 8.75. The summed E-state index contributed by atoms with van der Waals surface area (Å²) < 4.78 is 47.2. The number of thiazole rings is 1. The average molecular weight is 929 g/mol. The molecule has 2 N–H and O–H groups in total. The van der Waals surface area contributed by atoms with Gasteiger partial charge in [0.2, 0.25) is 5.91 Å². The maximum Gasteiger partial charge on any atom is 0.310 e. The summed E-state index contributed by atoms with van der Waals surface area (Å²) in [6, 6.07) is 3.70. The fraction of sp³-hybridized carbons (Fsp3) is 0.660. The van der Waals surface area contributed by atoms with Gasteiger partial charge in [-0.3, -0.25) is 24.1 Å². The third kappa shape index (κ3) is 9.70. The number of carboxylic acids is 1. The van der Waals surface area contributed by atoms with Crippen LogP contribution in [-0.4, -0.2) is 112 Å². The molecule has 5 aliphatic rings. The van der Waals surface area contributed by atoms with E-state index in [1.54, 1.807) is 30.1 Å². The smallest absolute Gasteiger partial charge is 0.310 e. The van der Waals surface area contributed by atoms with Crippen molar-refractivity contribution in [2.24, 2.45) is 34.5 Å². The number of rotatable bonds is 17. The van der Waals surface area contributed by atoms with Crippen LogP contribution >= 0.6 is 22.9 Å². The van der Waals surface area contributed by atoms with Crippen molar-refractivity contribution in [3.8, 4) is 22.9 Å². The molecule has 3 saturated carbocycles. The monoisotopic (exact) mass is 927 g/mol. The van der Waals surface area contributed by atoms with Gasteiger partial charge in [0.05, 0.1) is 48.1 Å². The van der Waals surface area contributed by atoms with Crippen LogP contribution in [0.3, 0.4) is 0 Å². The van der Waals surface area contributed by atoms with Crippen LogP contribution in [0, 0.1) is 34.5 Å². The van der Waals surface area contributed by atoms with Gasteiger partial charge >= 0.3 is 11.9 Å². The van der Waals surface area contributed by atoms with E-state index in [4.69, 9.17) is 35.8 Å². The Kier molecular flexibility index (Phi) is 12.7. The number of alkyl halides is 2. The Balaban J connectivity index is 1.10. The van der Waals surface area contributed by atoms with E-state index < -0.39 is 52.8 Å². The zero-order chi connectivity index (χ0) is 46.0. The molecular weight excluding hydrogens is 868 g/mol. The van der Waals surface area contributed by atoms with Gasteiger partial charge in [0.15, 0.2) is 10.9 Å². The van der Waals surface area contributed by atoms with Gasteiger partial charge in [-0.15, -0.1) is 11.3 Å². The van der Waals surface area contributed by atoms with Crippen molar-refractivity contribution < 1.29 is 47.3 Å². The van der Waals surface area contributed by atoms with Gasteiger partial charge < -0.3 is 29.5 Å². The zero-order valence-corrected chi connectivity index (χ0v) is 39.2. The van der Waals surface area contributed by atoms with Crippen molar-refractivity contribution in [2.45, 2.75) is 136 Å². The van der Waals surface area contributed by atoms with Crippen LogP contribution in [0.5, 0.6) is 11.5 Å². The number of pyridine rings is 1. The lowest BCUT2D eigenvalue weighted by molar-refractivity contribution is -0.157. The number of halogens is 3. The van der Waals surface area contributed by atoms with E-state index in [9.17, 15) is 33.1 Å². The number of esters is 1. The second kappa shape index (κ2) is 17.6. The number of amides is 1. The Morgan fingerprint density at radius 2 is 1.77 bits per heavy atom. The normalized spacial score (nSPS) is 28.9. The minimum absolute atomic E-state index is 0.00704. The molecule has 5 fully saturated rings. The molecule has 17 heteroatoms. The first kappa shape index (κ1) is 46.4. The number of anilines is 1. The molecule has 3 aliphatic carbocycles. The van der Waals surface area contributed by atoms with Crippen LogP contribution in [-0.2, 0) is 23.9 Å². The fourth-order valence-electron chi connectivity index (χ4n) is 10.3. The molecule has 3 aromatic rings. The average Bonchev–Trinajstić information content (AvgIpc) is 3.79. The standard InChI is InChI=1S/C47H60ClF2N5O8S/c1-8-27-17-46(27,43(59)60)19-36(56)35-14-30(20-55(35)42(58)32(45(4,5)6)15-39(57)63-29-12-25-11-26(25)13-29)62-38-16-33(34-22-64-44(53-34)51-24(2)3)52-41-31(38)9-10-37(40(41)48)61-21-28-18-47(49,50)23-54(28)7/h9-10,16,22,24-30,32,35H,8,11-15,17-21,23H2,1-7H3,(H,51,53)(H,59,60)/t25-,26+,27-,28+,29?,30-,32-,35+,46-/m1/s1. The maximum absolute atomic E-state index is 14.9. The molecule has 348 valence electrons. The second-order valence-electron chi connectivity index (χ2n) is 20.4. The summed E-state index contributed by atoms with van der Waals surface area (Å²) in [5.74, 6) is -4.18. The summed E-state index contributed by atoms with van der Waals surface area (Å²) in [6.07, 6.45) is 2.35. The summed E-state index contributed by atoms with van der Waals surface area (Å²) in [5, 5.41) is 16.8. The van der Waals surface area contributed by atoms with E-state index in [1.807, 2.05) is 46.9 Å². The second-order valence-corrected chi connectivity index (χ2v) is 21.7. The molecule has 64 heavy (non-hydrogen) atoms. The molecule has 9 atom stereocenters. The van der Waals surface area contributed by atoms with E-state index >= 15 is 0 Å². The van der Waals surface area contributed by atoms with Gasteiger partial charge in [-0.25, -0.2) is 18.7 Å². The fourth-order valence-corrected chi connectivity index (χ4v) is 11.4. The van der Waals surface area contributed by atoms with Crippen molar-refractivity contribution in [1.82, 2.24) is 19.8 Å². The number of ether oxygens (including phenoxy) is 3. The van der Waals surface area contributed by atoms with E-state index in [0.29, 0.717) is 57.8 Å². The third-order valence-electron chi connectivity index (χ3n) is 14.2. The molecule has 0 bridgehead atoms. The molecule has 4 heterocycles. The van der Waals surface area contributed by atoms with Gasteiger partial charge in [-0.2, -0.15) is 0 Å². The van der Waals surface area contributed by atoms with Crippen molar-refractivity contribution >= 4 is 62.6 Å². The van der Waals surface area contributed by atoms with Crippen LogP contribution in [0.15, 0.2) is 23.6 Å². The molecule has 0 radical (unpaired) electrons. The Morgan fingerprint density at radius 3 is 2.39 bits per heavy atom. The number of nitrogens with one attached hydrogen (secondary N) is 1. The van der Waals surface area contributed by atoms with Gasteiger partial charge in [-0.1, -0.05) is 45.7 Å². The first-order chi connectivity index (χ1) is 30.1. The van der Waals surface area contributed by atoms with Crippen LogP contribution in [0.2, 0.25) is 5.02 Å². The summed E-state index contributed by atoms with van der Waals surface area (Å²) in [4.78, 5) is 68.2. The highest BCUT2D eigenvalue weighted by atomic mass is 35.5. The number of nitrogens with zero attached hydrogens (tertiary/aromatic N) is 4. The zero-order valence-electron chi connectivity index (χ0n) is 37.6. The number of likely N-dealkylation sites (tertiary alicyclic amines) is 2. The van der Waals surface area contributed by atoms with E-state index in [1.165, 1.54) is 22.7 Å². The topological polar surface area (TPSA) is 160 Å². The van der Waals surface area contributed by atoms with Crippen LogP contribution in [0.25, 0.3) is 22.3 Å². The SMILES string of the molecule is CC[C@@H]1C[C@]1(CC(=O)[C@@H]1C[C@@H](Oc2cc(-c3csc(NC(C)C)n3)nc3c(Cl)c(OC[C@@H]4CC(F)(F)CN4C)ccc23)CN1C(=O)[C@@H](CC(=O)OC1C[C@@H]2C[C@@H]2C1)C(C)(C)C)C(=O)O. The lowest BCUT2D eigenvalue weighted by Gasteiger charge is -2.35. The van der Waals surface area contributed by atoms with E-state index in [0.717, 1.165) is 12.8 Å². The summed E-state index contributed by atoms with van der Waals surface area (Å²) in [6.45, 7) is 11.2. The highest BCUT2D eigenvalue weighted by Gasteiger charge is 2.61. The molecule has 0 spiro atoms. The van der Waals surface area contributed by atoms with Crippen LogP contribution < -0.4 is 14.8 Å². The third-order valence-corrected chi connectivity index (χ3v) is 15.3. The summed E-state index contributed by atoms with van der Waals surface area (Å²) in [7, 11) is 1.63. The van der Waals surface area contributed by atoms with Crippen molar-refractivity contribution in [2.75, 3.05) is 32.1 Å². The molecule has 1 aromatic carbocycles. The Morgan fingerprint density at radius 1 is 1.03 bits per heavy atom. The number of benzene rings is 1. The number of likely N-dealkylation sites (N-methyl/N-ethyl adjacent to an activating group) is 1. The molecule has 1 unspecified atom stereocenters. The quantitative estimate of drug-likeness (QED) is 0.124. The molecule has 1 amide bonds. The summed E-state index contributed by atoms with van der Waals surface area (Å²) >= 11 is 8.45. The first-order valence-electron chi connectivity index (χ1n) is 22.6. The van der Waals surface area contributed by atoms with Gasteiger partial charge in [0.25, 0.3) is 5.92 Å². The number of ketones is 1. The van der Waals surface area contributed by atoms with Gasteiger partial charge in [-0.05, 0) is 81.9 Å². The number of carbonyl (C=O) groups is 4. The molecule has 2 aliphatic heterocycles.